The third-order valence-corrected chi connectivity index (χ3v) is 1.40. The van der Waals surface area contributed by atoms with E-state index in [1.165, 1.54) is 19.3 Å². The van der Waals surface area contributed by atoms with E-state index in [9.17, 15) is 0 Å². The molecule has 0 saturated heterocycles. The van der Waals surface area contributed by atoms with Crippen LogP contribution in [-0.2, 0) is 0 Å². The van der Waals surface area contributed by atoms with E-state index in [0.717, 1.165) is 6.54 Å². The van der Waals surface area contributed by atoms with Crippen LogP contribution in [0, 0.1) is 0 Å². The first-order chi connectivity index (χ1) is 4.50. The van der Waals surface area contributed by atoms with Gasteiger partial charge in [-0.2, -0.15) is 0 Å². The maximum atomic E-state index is 3.20. The van der Waals surface area contributed by atoms with Gasteiger partial charge in [-0.25, -0.2) is 0 Å². The predicted molar refractivity (Wildman–Crippen MR) is 40.1 cm³/mol. The van der Waals surface area contributed by atoms with Crippen molar-refractivity contribution in [2.75, 3.05) is 6.54 Å². The van der Waals surface area contributed by atoms with Crippen molar-refractivity contribution >= 4 is 0 Å². The maximum absolute atomic E-state index is 3.20. The van der Waals surface area contributed by atoms with Crippen molar-refractivity contribution in [1.29, 1.82) is 0 Å². The first kappa shape index (κ1) is 6.40. The van der Waals surface area contributed by atoms with Crippen LogP contribution < -0.4 is 5.32 Å². The molecule has 0 aromatic heterocycles. The van der Waals surface area contributed by atoms with Gasteiger partial charge in [0.05, 0.1) is 0 Å². The smallest absolute Gasteiger partial charge is 0.0141 e. The molecule has 0 aromatic rings. The summed E-state index contributed by atoms with van der Waals surface area (Å²) in [7, 11) is 0. The Balaban J connectivity index is 2.28. The minimum atomic E-state index is 1.12. The van der Waals surface area contributed by atoms with Crippen LogP contribution in [0.15, 0.2) is 24.4 Å². The van der Waals surface area contributed by atoms with Crippen molar-refractivity contribution in [2.24, 2.45) is 0 Å². The normalized spacial score (nSPS) is 19.6. The molecule has 9 heavy (non-hydrogen) atoms. The van der Waals surface area contributed by atoms with E-state index in [1.54, 1.807) is 0 Å². The molecule has 1 aliphatic rings. The first-order valence-corrected chi connectivity index (χ1v) is 3.55. The van der Waals surface area contributed by atoms with Gasteiger partial charge in [-0.3, -0.25) is 0 Å². The highest BCUT2D eigenvalue weighted by Gasteiger charge is 1.84. The average molecular weight is 123 g/mol. The van der Waals surface area contributed by atoms with Gasteiger partial charge in [-0.15, -0.1) is 0 Å². The monoisotopic (exact) mass is 123 g/mol. The van der Waals surface area contributed by atoms with Gasteiger partial charge in [0, 0.05) is 6.54 Å². The Morgan fingerprint density at radius 1 is 1.11 bits per heavy atom. The molecule has 1 aliphatic heterocycles. The minimum absolute atomic E-state index is 1.12. The second kappa shape index (κ2) is 4.19. The molecule has 0 bridgehead atoms. The molecule has 0 aromatic carbocycles. The molecule has 0 amide bonds. The maximum Gasteiger partial charge on any atom is 0.0141 e. The van der Waals surface area contributed by atoms with Crippen molar-refractivity contribution < 1.29 is 0 Å². The highest BCUT2D eigenvalue weighted by molar-refractivity contribution is 5.01. The average Bonchev–Trinajstić information content (AvgIpc) is 2.00. The molecule has 1 nitrogen and oxygen atoms in total. The first-order valence-electron chi connectivity index (χ1n) is 3.55. The molecule has 50 valence electrons. The van der Waals surface area contributed by atoms with Crippen molar-refractivity contribution in [3.8, 4) is 0 Å². The van der Waals surface area contributed by atoms with Crippen LogP contribution in [0.5, 0.6) is 0 Å². The van der Waals surface area contributed by atoms with Crippen molar-refractivity contribution in [1.82, 2.24) is 5.32 Å². The number of rotatable bonds is 0. The third-order valence-electron chi connectivity index (χ3n) is 1.40. The molecular formula is C8H13N. The quantitative estimate of drug-likeness (QED) is 0.518. The third kappa shape index (κ3) is 2.96. The SMILES string of the molecule is C1=CCCCCNC=C1. The Hall–Kier alpha value is -0.720. The van der Waals surface area contributed by atoms with Crippen LogP contribution in [0.1, 0.15) is 19.3 Å². The minimum Gasteiger partial charge on any atom is -0.391 e. The van der Waals surface area contributed by atoms with E-state index in [1.807, 2.05) is 12.3 Å². The summed E-state index contributed by atoms with van der Waals surface area (Å²) < 4.78 is 0. The number of hydrogen-bond donors (Lipinski definition) is 1. The van der Waals surface area contributed by atoms with Crippen molar-refractivity contribution in [2.45, 2.75) is 19.3 Å². The molecule has 0 radical (unpaired) electrons. The van der Waals surface area contributed by atoms with Gasteiger partial charge in [0.1, 0.15) is 0 Å². The zero-order valence-corrected chi connectivity index (χ0v) is 5.64. The summed E-state index contributed by atoms with van der Waals surface area (Å²) in [5.41, 5.74) is 0. The van der Waals surface area contributed by atoms with Crippen molar-refractivity contribution in [3.05, 3.63) is 24.4 Å². The summed E-state index contributed by atoms with van der Waals surface area (Å²) in [5.74, 6) is 0. The van der Waals surface area contributed by atoms with E-state index in [0.29, 0.717) is 0 Å². The Labute approximate surface area is 56.5 Å². The van der Waals surface area contributed by atoms with Crippen LogP contribution in [0.3, 0.4) is 0 Å². The van der Waals surface area contributed by atoms with E-state index < -0.39 is 0 Å². The molecule has 0 aliphatic carbocycles. The van der Waals surface area contributed by atoms with E-state index >= 15 is 0 Å². The molecule has 1 heterocycles. The summed E-state index contributed by atoms with van der Waals surface area (Å²) in [6.45, 7) is 1.12. The van der Waals surface area contributed by atoms with E-state index in [4.69, 9.17) is 0 Å². The van der Waals surface area contributed by atoms with Gasteiger partial charge in [0.25, 0.3) is 0 Å². The second-order valence-electron chi connectivity index (χ2n) is 2.24. The molecule has 0 saturated carbocycles. The molecular weight excluding hydrogens is 110 g/mol. The molecule has 1 heteroatoms. The fourth-order valence-electron chi connectivity index (χ4n) is 0.871. The van der Waals surface area contributed by atoms with Gasteiger partial charge >= 0.3 is 0 Å². The van der Waals surface area contributed by atoms with Crippen LogP contribution in [0.2, 0.25) is 0 Å². The zero-order chi connectivity index (χ0) is 6.36. The number of hydrogen-bond acceptors (Lipinski definition) is 1. The molecule has 1 N–H and O–H groups in total. The number of allylic oxidation sites excluding steroid dienone is 3. The topological polar surface area (TPSA) is 12.0 Å². The summed E-state index contributed by atoms with van der Waals surface area (Å²) >= 11 is 0. The van der Waals surface area contributed by atoms with Crippen LogP contribution >= 0.6 is 0 Å². The lowest BCUT2D eigenvalue weighted by Gasteiger charge is -1.95. The van der Waals surface area contributed by atoms with Crippen LogP contribution in [0.4, 0.5) is 0 Å². The molecule has 0 atom stereocenters. The van der Waals surface area contributed by atoms with Gasteiger partial charge in [0.15, 0.2) is 0 Å². The highest BCUT2D eigenvalue weighted by atomic mass is 14.8. The highest BCUT2D eigenvalue weighted by Crippen LogP contribution is 1.96. The molecule has 0 fully saturated rings. The fourth-order valence-corrected chi connectivity index (χ4v) is 0.871. The van der Waals surface area contributed by atoms with Crippen LogP contribution in [-0.4, -0.2) is 6.54 Å². The molecule has 0 spiro atoms. The van der Waals surface area contributed by atoms with Crippen molar-refractivity contribution in [3.63, 3.8) is 0 Å². The lowest BCUT2D eigenvalue weighted by Crippen LogP contribution is -2.05. The lowest BCUT2D eigenvalue weighted by molar-refractivity contribution is 0.707. The Bertz CT molecular complexity index is 99.7. The Kier molecular flexibility index (Phi) is 2.98. The van der Waals surface area contributed by atoms with Gasteiger partial charge in [-0.1, -0.05) is 12.2 Å². The summed E-state index contributed by atoms with van der Waals surface area (Å²) in [5, 5.41) is 3.20. The standard InChI is InChI=1S/C8H13N/c1-2-4-6-8-9-7-5-3-1/h1,3,5,7,9H,2,4,6,8H2. The predicted octanol–water partition coefficient (Wildman–Crippen LogP) is 1.83. The molecule has 1 rings (SSSR count). The summed E-state index contributed by atoms with van der Waals surface area (Å²) in [6.07, 6.45) is 12.2. The fraction of sp³-hybridized carbons (Fsp3) is 0.500. The largest absolute Gasteiger partial charge is 0.391 e. The van der Waals surface area contributed by atoms with Gasteiger partial charge < -0.3 is 5.32 Å². The Morgan fingerprint density at radius 2 is 2.11 bits per heavy atom. The van der Waals surface area contributed by atoms with E-state index in [2.05, 4.69) is 17.5 Å². The van der Waals surface area contributed by atoms with E-state index in [-0.39, 0.29) is 0 Å². The number of nitrogens with one attached hydrogen (secondary N) is 1. The summed E-state index contributed by atoms with van der Waals surface area (Å²) in [4.78, 5) is 0. The van der Waals surface area contributed by atoms with Gasteiger partial charge in [0.2, 0.25) is 0 Å². The molecule has 0 unspecified atom stereocenters. The Morgan fingerprint density at radius 3 is 3.11 bits per heavy atom. The zero-order valence-electron chi connectivity index (χ0n) is 5.64. The lowest BCUT2D eigenvalue weighted by atomic mass is 10.2. The second-order valence-corrected chi connectivity index (χ2v) is 2.24. The summed E-state index contributed by atoms with van der Waals surface area (Å²) in [6, 6.07) is 0. The van der Waals surface area contributed by atoms with Gasteiger partial charge in [-0.05, 0) is 31.5 Å². The van der Waals surface area contributed by atoms with Crippen LogP contribution in [0.25, 0.3) is 0 Å².